The average molecular weight is 416 g/mol. The lowest BCUT2D eigenvalue weighted by atomic mass is 10.1. The van der Waals surface area contributed by atoms with E-state index in [4.69, 9.17) is 4.42 Å². The molecular formula is C22H20N6O3. The highest BCUT2D eigenvalue weighted by molar-refractivity contribution is 5.96. The second kappa shape index (κ2) is 7.67. The van der Waals surface area contributed by atoms with Crippen LogP contribution in [0.3, 0.4) is 0 Å². The number of nitrogens with zero attached hydrogens (tertiary/aromatic N) is 6. The molecule has 1 aliphatic rings. The molecule has 1 fully saturated rings. The number of piperazine rings is 1. The van der Waals surface area contributed by atoms with Crippen LogP contribution in [0.5, 0.6) is 0 Å². The molecule has 0 radical (unpaired) electrons. The molecule has 1 aromatic carbocycles. The average Bonchev–Trinajstić information content (AvgIpc) is 3.33. The van der Waals surface area contributed by atoms with Crippen LogP contribution < -0.4 is 10.5 Å². The Morgan fingerprint density at radius 1 is 1.00 bits per heavy atom. The Hall–Kier alpha value is -4.01. The van der Waals surface area contributed by atoms with Gasteiger partial charge in [0.2, 0.25) is 0 Å². The molecule has 31 heavy (non-hydrogen) atoms. The number of anilines is 1. The van der Waals surface area contributed by atoms with Gasteiger partial charge in [-0.1, -0.05) is 18.2 Å². The van der Waals surface area contributed by atoms with E-state index in [1.165, 1.54) is 0 Å². The van der Waals surface area contributed by atoms with Crippen LogP contribution in [0.4, 0.5) is 5.82 Å². The van der Waals surface area contributed by atoms with Crippen LogP contribution in [0.2, 0.25) is 0 Å². The highest BCUT2D eigenvalue weighted by atomic mass is 16.4. The summed E-state index contributed by atoms with van der Waals surface area (Å²) in [6, 6.07) is 12.5. The van der Waals surface area contributed by atoms with Crippen LogP contribution in [0.15, 0.2) is 64.1 Å². The Bertz CT molecular complexity index is 1310. The summed E-state index contributed by atoms with van der Waals surface area (Å²) in [6.45, 7) is 3.99. The van der Waals surface area contributed by atoms with Gasteiger partial charge in [-0.05, 0) is 25.1 Å². The number of aromatic nitrogens is 4. The number of carbonyl (C=O) groups excluding carboxylic acids is 1. The maximum Gasteiger partial charge on any atom is 0.349 e. The summed E-state index contributed by atoms with van der Waals surface area (Å²) in [4.78, 5) is 38.1. The highest BCUT2D eigenvalue weighted by Gasteiger charge is 2.26. The van der Waals surface area contributed by atoms with Crippen molar-refractivity contribution in [1.29, 1.82) is 0 Å². The Morgan fingerprint density at radius 3 is 2.55 bits per heavy atom. The van der Waals surface area contributed by atoms with Gasteiger partial charge in [-0.25, -0.2) is 19.4 Å². The number of aryl methyl sites for hydroxylation is 1. The lowest BCUT2D eigenvalue weighted by Gasteiger charge is -2.35. The van der Waals surface area contributed by atoms with Crippen molar-refractivity contribution in [3.8, 4) is 5.82 Å². The lowest BCUT2D eigenvalue weighted by Crippen LogP contribution is -2.49. The third-order valence-electron chi connectivity index (χ3n) is 5.31. The van der Waals surface area contributed by atoms with E-state index in [0.29, 0.717) is 43.4 Å². The summed E-state index contributed by atoms with van der Waals surface area (Å²) in [5.41, 5.74) is -0.0756. The van der Waals surface area contributed by atoms with Gasteiger partial charge in [0, 0.05) is 50.0 Å². The molecule has 4 aromatic rings. The van der Waals surface area contributed by atoms with E-state index >= 15 is 0 Å². The molecule has 1 aliphatic heterocycles. The summed E-state index contributed by atoms with van der Waals surface area (Å²) in [7, 11) is 0. The molecule has 5 rings (SSSR count). The van der Waals surface area contributed by atoms with E-state index in [-0.39, 0.29) is 11.5 Å². The van der Waals surface area contributed by atoms with E-state index in [0.717, 1.165) is 11.2 Å². The minimum atomic E-state index is -0.610. The smallest absolute Gasteiger partial charge is 0.349 e. The molecule has 156 valence electrons. The van der Waals surface area contributed by atoms with Crippen LogP contribution >= 0.6 is 0 Å². The largest absolute Gasteiger partial charge is 0.422 e. The Kier molecular flexibility index (Phi) is 4.70. The minimum absolute atomic E-state index is 0.0611. The fraction of sp³-hybridized carbons (Fsp3) is 0.227. The first-order chi connectivity index (χ1) is 15.1. The van der Waals surface area contributed by atoms with Crippen molar-refractivity contribution in [3.05, 3.63) is 76.7 Å². The molecule has 0 spiro atoms. The number of hydrogen-bond acceptors (Lipinski definition) is 7. The van der Waals surface area contributed by atoms with E-state index in [9.17, 15) is 9.59 Å². The summed E-state index contributed by atoms with van der Waals surface area (Å²) < 4.78 is 7.01. The number of fused-ring (bicyclic) bond motifs is 1. The van der Waals surface area contributed by atoms with Gasteiger partial charge in [-0.15, -0.1) is 0 Å². The van der Waals surface area contributed by atoms with Crippen molar-refractivity contribution in [2.45, 2.75) is 6.92 Å². The fourth-order valence-electron chi connectivity index (χ4n) is 3.74. The van der Waals surface area contributed by atoms with Gasteiger partial charge in [0.1, 0.15) is 22.8 Å². The normalized spacial score (nSPS) is 14.2. The topological polar surface area (TPSA) is 97.4 Å². The van der Waals surface area contributed by atoms with Crippen LogP contribution in [0.25, 0.3) is 16.8 Å². The summed E-state index contributed by atoms with van der Waals surface area (Å²) >= 11 is 0. The Balaban J connectivity index is 1.33. The molecule has 0 saturated carbocycles. The first kappa shape index (κ1) is 19.0. The molecule has 1 amide bonds. The van der Waals surface area contributed by atoms with E-state index in [1.54, 1.807) is 34.0 Å². The van der Waals surface area contributed by atoms with Crippen LogP contribution in [0.1, 0.15) is 16.2 Å². The van der Waals surface area contributed by atoms with Gasteiger partial charge in [-0.2, -0.15) is 5.10 Å². The predicted molar refractivity (Wildman–Crippen MR) is 114 cm³/mol. The molecule has 9 heteroatoms. The van der Waals surface area contributed by atoms with Crippen molar-refractivity contribution in [2.24, 2.45) is 0 Å². The van der Waals surface area contributed by atoms with E-state index in [2.05, 4.69) is 20.0 Å². The monoisotopic (exact) mass is 416 g/mol. The predicted octanol–water partition coefficient (Wildman–Crippen LogP) is 2.04. The van der Waals surface area contributed by atoms with Crippen LogP contribution in [-0.2, 0) is 0 Å². The van der Waals surface area contributed by atoms with Gasteiger partial charge >= 0.3 is 5.63 Å². The Morgan fingerprint density at radius 2 is 1.77 bits per heavy atom. The van der Waals surface area contributed by atoms with Crippen molar-refractivity contribution >= 4 is 22.7 Å². The highest BCUT2D eigenvalue weighted by Crippen LogP contribution is 2.19. The zero-order valence-corrected chi connectivity index (χ0v) is 16.9. The van der Waals surface area contributed by atoms with Gasteiger partial charge in [0.25, 0.3) is 5.91 Å². The molecule has 0 bridgehead atoms. The molecule has 0 unspecified atom stereocenters. The number of amides is 1. The molecular weight excluding hydrogens is 396 g/mol. The zero-order chi connectivity index (χ0) is 21.4. The third kappa shape index (κ3) is 3.65. The van der Waals surface area contributed by atoms with E-state index in [1.807, 2.05) is 37.4 Å². The maximum atomic E-state index is 13.0. The summed E-state index contributed by atoms with van der Waals surface area (Å²) in [5.74, 6) is 1.82. The first-order valence-electron chi connectivity index (χ1n) is 10.0. The number of benzene rings is 1. The molecule has 1 saturated heterocycles. The maximum absolute atomic E-state index is 13.0. The number of para-hydroxylation sites is 1. The molecule has 9 nitrogen and oxygen atoms in total. The zero-order valence-electron chi connectivity index (χ0n) is 16.9. The van der Waals surface area contributed by atoms with Crippen LogP contribution in [-0.4, -0.2) is 56.7 Å². The molecule has 0 N–H and O–H groups in total. The minimum Gasteiger partial charge on any atom is -0.422 e. The molecule has 3 aromatic heterocycles. The summed E-state index contributed by atoms with van der Waals surface area (Å²) in [6.07, 6.45) is 3.53. The second-order valence-corrected chi connectivity index (χ2v) is 7.35. The van der Waals surface area contributed by atoms with E-state index < -0.39 is 5.63 Å². The van der Waals surface area contributed by atoms with Crippen molar-refractivity contribution in [2.75, 3.05) is 31.1 Å². The number of carbonyl (C=O) groups is 1. The van der Waals surface area contributed by atoms with Crippen molar-refractivity contribution < 1.29 is 9.21 Å². The van der Waals surface area contributed by atoms with Crippen LogP contribution in [0, 0.1) is 6.92 Å². The SMILES string of the molecule is Cc1nc(N2CCN(C(=O)c3cc4ccccc4oc3=O)CC2)cc(-n2cccn2)n1. The van der Waals surface area contributed by atoms with Gasteiger partial charge < -0.3 is 14.2 Å². The molecule has 0 atom stereocenters. The van der Waals surface area contributed by atoms with Crippen molar-refractivity contribution in [1.82, 2.24) is 24.6 Å². The number of rotatable bonds is 3. The third-order valence-corrected chi connectivity index (χ3v) is 5.31. The van der Waals surface area contributed by atoms with Crippen molar-refractivity contribution in [3.63, 3.8) is 0 Å². The van der Waals surface area contributed by atoms with Gasteiger partial charge in [0.15, 0.2) is 5.82 Å². The van der Waals surface area contributed by atoms with Gasteiger partial charge in [0.05, 0.1) is 0 Å². The standard InChI is InChI=1S/C22H20N6O3/c1-15-24-19(14-20(25-15)28-8-4-7-23-28)26-9-11-27(12-10-26)21(29)17-13-16-5-2-3-6-18(16)31-22(17)30/h2-8,13-14H,9-12H2,1H3. The second-order valence-electron chi connectivity index (χ2n) is 7.35. The lowest BCUT2D eigenvalue weighted by molar-refractivity contribution is 0.0742. The molecule has 4 heterocycles. The van der Waals surface area contributed by atoms with Gasteiger partial charge in [-0.3, -0.25) is 4.79 Å². The quantitative estimate of drug-likeness (QED) is 0.472. The first-order valence-corrected chi connectivity index (χ1v) is 10.0. The summed E-state index contributed by atoms with van der Waals surface area (Å²) in [5, 5.41) is 4.96. The Labute approximate surface area is 177 Å². The number of hydrogen-bond donors (Lipinski definition) is 0. The fourth-order valence-corrected chi connectivity index (χ4v) is 3.74. The molecule has 0 aliphatic carbocycles.